The monoisotopic (exact) mass is 359 g/mol. The van der Waals surface area contributed by atoms with Crippen LogP contribution >= 0.6 is 0 Å². The summed E-state index contributed by atoms with van der Waals surface area (Å²) in [5.41, 5.74) is 2.00. The number of carbonyl (C=O) groups excluding carboxylic acids is 1. The van der Waals surface area contributed by atoms with Crippen molar-refractivity contribution in [3.63, 3.8) is 0 Å². The Bertz CT molecular complexity index is 535. The van der Waals surface area contributed by atoms with Crippen LogP contribution in [0.4, 0.5) is 0 Å². The lowest BCUT2D eigenvalue weighted by Crippen LogP contribution is -2.31. The first-order chi connectivity index (χ1) is 12.7. The third kappa shape index (κ3) is 7.11. The van der Waals surface area contributed by atoms with Crippen molar-refractivity contribution in [2.75, 3.05) is 26.2 Å². The predicted octanol–water partition coefficient (Wildman–Crippen LogP) is 5.66. The number of carbonyl (C=O) groups is 1. The minimum Gasteiger partial charge on any atom is -0.493 e. The van der Waals surface area contributed by atoms with Gasteiger partial charge in [-0.3, -0.25) is 4.79 Å². The van der Waals surface area contributed by atoms with Crippen LogP contribution in [0.25, 0.3) is 0 Å². The molecule has 1 aliphatic rings. The van der Waals surface area contributed by atoms with Crippen molar-refractivity contribution in [1.29, 1.82) is 0 Å². The second-order valence-electron chi connectivity index (χ2n) is 7.51. The van der Waals surface area contributed by atoms with Gasteiger partial charge in [-0.1, -0.05) is 46.0 Å². The zero-order valence-corrected chi connectivity index (χ0v) is 16.9. The third-order valence-corrected chi connectivity index (χ3v) is 5.37. The summed E-state index contributed by atoms with van der Waals surface area (Å²) in [6.07, 6.45) is 11.6. The molecular weight excluding hydrogens is 322 g/mol. The summed E-state index contributed by atoms with van der Waals surface area (Å²) in [4.78, 5) is 15.0. The summed E-state index contributed by atoms with van der Waals surface area (Å²) in [6, 6.07) is 5.99. The minimum atomic E-state index is 0.261. The molecule has 3 nitrogen and oxygen atoms in total. The molecular formula is C23H37NO2. The number of piperidine rings is 1. The van der Waals surface area contributed by atoms with Crippen LogP contribution in [0.3, 0.4) is 0 Å². The maximum Gasteiger partial charge on any atom is 0.164 e. The number of aryl methyl sites for hydroxylation is 1. The van der Waals surface area contributed by atoms with Gasteiger partial charge in [0.2, 0.25) is 0 Å². The Morgan fingerprint density at radius 3 is 2.54 bits per heavy atom. The zero-order valence-electron chi connectivity index (χ0n) is 16.9. The Balaban J connectivity index is 1.81. The van der Waals surface area contributed by atoms with E-state index in [1.54, 1.807) is 0 Å². The quantitative estimate of drug-likeness (QED) is 0.356. The second kappa shape index (κ2) is 12.1. The molecule has 0 bridgehead atoms. The molecule has 146 valence electrons. The second-order valence-corrected chi connectivity index (χ2v) is 7.51. The molecule has 0 saturated carbocycles. The average Bonchev–Trinajstić information content (AvgIpc) is 2.69. The van der Waals surface area contributed by atoms with Crippen molar-refractivity contribution < 1.29 is 9.53 Å². The van der Waals surface area contributed by atoms with E-state index in [0.29, 0.717) is 6.42 Å². The molecule has 1 fully saturated rings. The molecule has 0 atom stereocenters. The molecule has 1 saturated heterocycles. The standard InChI is InChI=1S/C23H37NO2/c1-3-5-6-7-11-18-26-23-13-12-21(19-20(23)4-2)22(25)14-17-24-15-9-8-10-16-24/h12-13,19H,3-11,14-18H2,1-2H3. The molecule has 0 aromatic heterocycles. The van der Waals surface area contributed by atoms with Crippen LogP contribution in [-0.2, 0) is 6.42 Å². The summed E-state index contributed by atoms with van der Waals surface area (Å²) in [7, 11) is 0. The smallest absolute Gasteiger partial charge is 0.164 e. The van der Waals surface area contributed by atoms with Gasteiger partial charge in [-0.2, -0.15) is 0 Å². The lowest BCUT2D eigenvalue weighted by molar-refractivity contribution is 0.0958. The molecule has 0 unspecified atom stereocenters. The Morgan fingerprint density at radius 1 is 1.04 bits per heavy atom. The number of nitrogens with zero attached hydrogens (tertiary/aromatic N) is 1. The predicted molar refractivity (Wildman–Crippen MR) is 109 cm³/mol. The van der Waals surface area contributed by atoms with Crippen LogP contribution in [0.2, 0.25) is 0 Å². The van der Waals surface area contributed by atoms with Gasteiger partial charge >= 0.3 is 0 Å². The highest BCUT2D eigenvalue weighted by Gasteiger charge is 2.14. The summed E-state index contributed by atoms with van der Waals surface area (Å²) in [6.45, 7) is 8.34. The largest absolute Gasteiger partial charge is 0.493 e. The lowest BCUT2D eigenvalue weighted by atomic mass is 10.0. The highest BCUT2D eigenvalue weighted by atomic mass is 16.5. The summed E-state index contributed by atoms with van der Waals surface area (Å²) < 4.78 is 5.98. The van der Waals surface area contributed by atoms with Crippen molar-refractivity contribution in [3.05, 3.63) is 29.3 Å². The van der Waals surface area contributed by atoms with Gasteiger partial charge in [-0.15, -0.1) is 0 Å². The summed E-state index contributed by atoms with van der Waals surface area (Å²) in [5.74, 6) is 1.21. The van der Waals surface area contributed by atoms with E-state index in [2.05, 4.69) is 18.7 Å². The van der Waals surface area contributed by atoms with E-state index in [9.17, 15) is 4.79 Å². The molecule has 1 aromatic carbocycles. The number of ketones is 1. The number of rotatable bonds is 12. The Morgan fingerprint density at radius 2 is 1.81 bits per heavy atom. The zero-order chi connectivity index (χ0) is 18.6. The van der Waals surface area contributed by atoms with E-state index in [1.165, 1.54) is 44.9 Å². The van der Waals surface area contributed by atoms with Crippen molar-refractivity contribution in [2.45, 2.75) is 78.1 Å². The van der Waals surface area contributed by atoms with Gasteiger partial charge in [0.05, 0.1) is 6.61 Å². The van der Waals surface area contributed by atoms with Gasteiger partial charge in [-0.25, -0.2) is 0 Å². The highest BCUT2D eigenvalue weighted by molar-refractivity contribution is 5.96. The van der Waals surface area contributed by atoms with Crippen LogP contribution in [0.1, 0.15) is 87.6 Å². The van der Waals surface area contributed by atoms with Gasteiger partial charge in [-0.05, 0) is 62.5 Å². The Hall–Kier alpha value is -1.35. The van der Waals surface area contributed by atoms with E-state index < -0.39 is 0 Å². The van der Waals surface area contributed by atoms with Gasteiger partial charge in [0, 0.05) is 18.5 Å². The Kier molecular flexibility index (Phi) is 9.76. The van der Waals surface area contributed by atoms with Crippen LogP contribution in [-0.4, -0.2) is 36.9 Å². The molecule has 26 heavy (non-hydrogen) atoms. The van der Waals surface area contributed by atoms with Crippen molar-refractivity contribution in [1.82, 2.24) is 4.90 Å². The maximum atomic E-state index is 12.6. The SMILES string of the molecule is CCCCCCCOc1ccc(C(=O)CCN2CCCCC2)cc1CC. The maximum absolute atomic E-state index is 12.6. The molecule has 1 aliphatic heterocycles. The first kappa shape index (κ1) is 21.0. The van der Waals surface area contributed by atoms with Crippen molar-refractivity contribution in [2.24, 2.45) is 0 Å². The molecule has 0 aliphatic carbocycles. The number of unbranched alkanes of at least 4 members (excludes halogenated alkanes) is 4. The fraction of sp³-hybridized carbons (Fsp3) is 0.696. The van der Waals surface area contributed by atoms with E-state index in [1.807, 2.05) is 18.2 Å². The number of hydrogen-bond donors (Lipinski definition) is 0. The molecule has 0 radical (unpaired) electrons. The minimum absolute atomic E-state index is 0.261. The summed E-state index contributed by atoms with van der Waals surface area (Å²) in [5, 5.41) is 0. The van der Waals surface area contributed by atoms with Crippen molar-refractivity contribution >= 4 is 5.78 Å². The molecule has 0 amide bonds. The van der Waals surface area contributed by atoms with E-state index in [-0.39, 0.29) is 5.78 Å². The number of hydrogen-bond acceptors (Lipinski definition) is 3. The molecule has 2 rings (SSSR count). The average molecular weight is 360 g/mol. The van der Waals surface area contributed by atoms with E-state index in [0.717, 1.165) is 56.0 Å². The third-order valence-electron chi connectivity index (χ3n) is 5.37. The number of benzene rings is 1. The van der Waals surface area contributed by atoms with E-state index >= 15 is 0 Å². The number of likely N-dealkylation sites (tertiary alicyclic amines) is 1. The molecule has 1 heterocycles. The lowest BCUT2D eigenvalue weighted by Gasteiger charge is -2.26. The first-order valence-corrected chi connectivity index (χ1v) is 10.8. The van der Waals surface area contributed by atoms with Gasteiger partial charge in [0.15, 0.2) is 5.78 Å². The summed E-state index contributed by atoms with van der Waals surface area (Å²) >= 11 is 0. The van der Waals surface area contributed by atoms with Gasteiger partial charge in [0.1, 0.15) is 5.75 Å². The van der Waals surface area contributed by atoms with Gasteiger partial charge in [0.25, 0.3) is 0 Å². The highest BCUT2D eigenvalue weighted by Crippen LogP contribution is 2.22. The topological polar surface area (TPSA) is 29.5 Å². The van der Waals surface area contributed by atoms with Crippen LogP contribution in [0, 0.1) is 0 Å². The number of Topliss-reactive ketones (excluding diaryl/α,β-unsaturated/α-hetero) is 1. The Labute approximate surface area is 160 Å². The fourth-order valence-corrected chi connectivity index (χ4v) is 3.64. The molecule has 3 heteroatoms. The molecule has 0 N–H and O–H groups in total. The van der Waals surface area contributed by atoms with Crippen LogP contribution in [0.15, 0.2) is 18.2 Å². The van der Waals surface area contributed by atoms with Crippen LogP contribution in [0.5, 0.6) is 5.75 Å². The van der Waals surface area contributed by atoms with E-state index in [4.69, 9.17) is 4.74 Å². The van der Waals surface area contributed by atoms with Crippen molar-refractivity contribution in [3.8, 4) is 5.75 Å². The first-order valence-electron chi connectivity index (χ1n) is 10.8. The molecule has 0 spiro atoms. The normalized spacial score (nSPS) is 15.2. The fourth-order valence-electron chi connectivity index (χ4n) is 3.64. The molecule has 1 aromatic rings. The number of ether oxygens (including phenoxy) is 1. The van der Waals surface area contributed by atoms with Crippen LogP contribution < -0.4 is 4.74 Å². The van der Waals surface area contributed by atoms with Gasteiger partial charge < -0.3 is 9.64 Å².